The Morgan fingerprint density at radius 3 is 2.58 bits per heavy atom. The summed E-state index contributed by atoms with van der Waals surface area (Å²) in [7, 11) is 0. The highest BCUT2D eigenvalue weighted by Gasteiger charge is 2.26. The van der Waals surface area contributed by atoms with Crippen molar-refractivity contribution < 1.29 is 4.79 Å². The second kappa shape index (κ2) is 7.43. The molecular formula is C20H27N3O2S. The van der Waals surface area contributed by atoms with Crippen LogP contribution < -0.4 is 10.9 Å². The van der Waals surface area contributed by atoms with Gasteiger partial charge in [-0.25, -0.2) is 4.98 Å². The average Bonchev–Trinajstić information content (AvgIpc) is 3.07. The first kappa shape index (κ1) is 19.0. The van der Waals surface area contributed by atoms with Crippen molar-refractivity contribution in [3.05, 3.63) is 34.6 Å². The highest BCUT2D eigenvalue weighted by molar-refractivity contribution is 8.00. The van der Waals surface area contributed by atoms with Crippen LogP contribution in [0.3, 0.4) is 0 Å². The normalized spacial score (nSPS) is 16.8. The van der Waals surface area contributed by atoms with Crippen molar-refractivity contribution in [3.63, 3.8) is 0 Å². The van der Waals surface area contributed by atoms with E-state index < -0.39 is 0 Å². The minimum Gasteiger partial charge on any atom is -0.351 e. The maximum absolute atomic E-state index is 13.1. The Labute approximate surface area is 158 Å². The Bertz CT molecular complexity index is 863. The van der Waals surface area contributed by atoms with Gasteiger partial charge in [0.1, 0.15) is 0 Å². The number of rotatable bonds is 4. The summed E-state index contributed by atoms with van der Waals surface area (Å²) in [6.07, 6.45) is 4.26. The van der Waals surface area contributed by atoms with E-state index in [4.69, 9.17) is 4.98 Å². The summed E-state index contributed by atoms with van der Waals surface area (Å²) in [6, 6.07) is 7.63. The minimum atomic E-state index is -0.324. The number of carbonyl (C=O) groups is 1. The third kappa shape index (κ3) is 4.11. The zero-order chi connectivity index (χ0) is 18.9. The van der Waals surface area contributed by atoms with Crippen molar-refractivity contribution in [3.8, 4) is 0 Å². The highest BCUT2D eigenvalue weighted by Crippen LogP contribution is 2.33. The third-order valence-corrected chi connectivity index (χ3v) is 5.68. The molecule has 140 valence electrons. The number of thioether (sulfide) groups is 1. The maximum Gasteiger partial charge on any atom is 0.262 e. The molecule has 3 rings (SSSR count). The lowest BCUT2D eigenvalue weighted by molar-refractivity contribution is -0.121. The number of benzene rings is 1. The summed E-state index contributed by atoms with van der Waals surface area (Å²) in [5.74, 6) is -0.0390. The molecule has 2 aromatic rings. The van der Waals surface area contributed by atoms with Crippen LogP contribution in [0, 0.1) is 0 Å². The van der Waals surface area contributed by atoms with Gasteiger partial charge in [0.2, 0.25) is 5.91 Å². The van der Waals surface area contributed by atoms with Crippen LogP contribution >= 0.6 is 11.8 Å². The Balaban J connectivity index is 1.99. The van der Waals surface area contributed by atoms with Crippen LogP contribution in [-0.4, -0.2) is 26.2 Å². The lowest BCUT2D eigenvalue weighted by Gasteiger charge is -2.24. The summed E-state index contributed by atoms with van der Waals surface area (Å²) >= 11 is 1.37. The molecule has 0 saturated heterocycles. The highest BCUT2D eigenvalue weighted by atomic mass is 32.2. The zero-order valence-electron chi connectivity index (χ0n) is 15.9. The van der Waals surface area contributed by atoms with Crippen LogP contribution in [0.1, 0.15) is 59.4 Å². The quantitative estimate of drug-likeness (QED) is 0.652. The molecule has 1 atom stereocenters. The molecule has 0 radical (unpaired) electrons. The molecule has 5 nitrogen and oxygen atoms in total. The standard InChI is InChI=1S/C20H27N3O2S/c1-13(17(24)22-20(2,3)4)26-19-21-16-12-8-7-11-15(16)18(25)23(19)14-9-5-6-10-14/h7-8,11-14H,5-6,9-10H2,1-4H3,(H,22,24)/t13-/m1/s1. The van der Waals surface area contributed by atoms with E-state index in [0.29, 0.717) is 16.1 Å². The number of hydrogen-bond acceptors (Lipinski definition) is 4. The molecular weight excluding hydrogens is 346 g/mol. The van der Waals surface area contributed by atoms with Crippen LogP contribution in [0.4, 0.5) is 0 Å². The summed E-state index contributed by atoms with van der Waals surface area (Å²) < 4.78 is 1.83. The lowest BCUT2D eigenvalue weighted by atomic mass is 10.1. The molecule has 1 fully saturated rings. The second-order valence-electron chi connectivity index (χ2n) is 8.02. The van der Waals surface area contributed by atoms with Crippen molar-refractivity contribution in [1.29, 1.82) is 0 Å². The first-order valence-corrected chi connectivity index (χ1v) is 10.1. The van der Waals surface area contributed by atoms with E-state index in [1.165, 1.54) is 11.8 Å². The van der Waals surface area contributed by atoms with Gasteiger partial charge < -0.3 is 5.32 Å². The smallest absolute Gasteiger partial charge is 0.262 e. The molecule has 1 aliphatic carbocycles. The van der Waals surface area contributed by atoms with Gasteiger partial charge in [0.15, 0.2) is 5.16 Å². The molecule has 1 heterocycles. The fraction of sp³-hybridized carbons (Fsp3) is 0.550. The Morgan fingerprint density at radius 2 is 1.92 bits per heavy atom. The molecule has 1 aliphatic rings. The number of nitrogens with zero attached hydrogens (tertiary/aromatic N) is 2. The van der Waals surface area contributed by atoms with Gasteiger partial charge in [0, 0.05) is 11.6 Å². The zero-order valence-corrected chi connectivity index (χ0v) is 16.7. The summed E-state index contributed by atoms with van der Waals surface area (Å²) in [5.41, 5.74) is 0.416. The first-order chi connectivity index (χ1) is 12.3. The van der Waals surface area contributed by atoms with Crippen LogP contribution in [0.5, 0.6) is 0 Å². The summed E-state index contributed by atoms with van der Waals surface area (Å²) in [6.45, 7) is 7.76. The fourth-order valence-corrected chi connectivity index (χ4v) is 4.35. The van der Waals surface area contributed by atoms with Crippen LogP contribution in [0.15, 0.2) is 34.2 Å². The molecule has 0 aliphatic heterocycles. The minimum absolute atomic E-state index is 0.00781. The topological polar surface area (TPSA) is 64.0 Å². The molecule has 1 saturated carbocycles. The van der Waals surface area contributed by atoms with Crippen molar-refractivity contribution in [2.75, 3.05) is 0 Å². The monoisotopic (exact) mass is 373 g/mol. The Morgan fingerprint density at radius 1 is 1.27 bits per heavy atom. The number of amides is 1. The number of nitrogens with one attached hydrogen (secondary N) is 1. The summed E-state index contributed by atoms with van der Waals surface area (Å²) in [4.78, 5) is 30.4. The summed E-state index contributed by atoms with van der Waals surface area (Å²) in [5, 5.41) is 3.98. The van der Waals surface area contributed by atoms with Crippen molar-refractivity contribution in [2.45, 2.75) is 75.4 Å². The van der Waals surface area contributed by atoms with E-state index >= 15 is 0 Å². The van der Waals surface area contributed by atoms with E-state index in [0.717, 1.165) is 25.7 Å². The molecule has 0 bridgehead atoms. The van der Waals surface area contributed by atoms with Gasteiger partial charge >= 0.3 is 0 Å². The molecule has 1 N–H and O–H groups in total. The van der Waals surface area contributed by atoms with Crippen LogP contribution in [-0.2, 0) is 4.79 Å². The molecule has 1 amide bonds. The average molecular weight is 374 g/mol. The Kier molecular flexibility index (Phi) is 5.42. The van der Waals surface area contributed by atoms with Crippen molar-refractivity contribution >= 4 is 28.6 Å². The SMILES string of the molecule is C[C@@H](Sc1nc2ccccc2c(=O)n1C1CCCC1)C(=O)NC(C)(C)C. The lowest BCUT2D eigenvalue weighted by Crippen LogP contribution is -2.44. The van der Waals surface area contributed by atoms with Gasteiger partial charge in [0.25, 0.3) is 5.56 Å². The molecule has 26 heavy (non-hydrogen) atoms. The first-order valence-electron chi connectivity index (χ1n) is 9.26. The van der Waals surface area contributed by atoms with E-state index in [9.17, 15) is 9.59 Å². The van der Waals surface area contributed by atoms with Gasteiger partial charge in [-0.2, -0.15) is 0 Å². The molecule has 1 aromatic carbocycles. The van der Waals surface area contributed by atoms with Gasteiger partial charge in [-0.05, 0) is 52.7 Å². The van der Waals surface area contributed by atoms with Gasteiger partial charge in [-0.1, -0.05) is 36.7 Å². The van der Waals surface area contributed by atoms with E-state index in [-0.39, 0.29) is 28.3 Å². The van der Waals surface area contributed by atoms with Gasteiger partial charge in [-0.15, -0.1) is 0 Å². The number of fused-ring (bicyclic) bond motifs is 1. The molecule has 0 spiro atoms. The van der Waals surface area contributed by atoms with Crippen molar-refractivity contribution in [1.82, 2.24) is 14.9 Å². The number of para-hydroxylation sites is 1. The largest absolute Gasteiger partial charge is 0.351 e. The second-order valence-corrected chi connectivity index (χ2v) is 9.33. The van der Waals surface area contributed by atoms with Gasteiger partial charge in [-0.3, -0.25) is 14.2 Å². The molecule has 0 unspecified atom stereocenters. The van der Waals surface area contributed by atoms with E-state index in [1.54, 1.807) is 0 Å². The number of aromatic nitrogens is 2. The number of hydrogen-bond donors (Lipinski definition) is 1. The fourth-order valence-electron chi connectivity index (χ4n) is 3.38. The van der Waals surface area contributed by atoms with E-state index in [1.807, 2.05) is 56.5 Å². The van der Waals surface area contributed by atoms with Gasteiger partial charge in [0.05, 0.1) is 16.2 Å². The Hall–Kier alpha value is -1.82. The maximum atomic E-state index is 13.1. The predicted octanol–water partition coefficient (Wildman–Crippen LogP) is 3.91. The molecule has 1 aromatic heterocycles. The van der Waals surface area contributed by atoms with Crippen LogP contribution in [0.2, 0.25) is 0 Å². The van der Waals surface area contributed by atoms with Crippen molar-refractivity contribution in [2.24, 2.45) is 0 Å². The van der Waals surface area contributed by atoms with Crippen LogP contribution in [0.25, 0.3) is 10.9 Å². The third-order valence-electron chi connectivity index (χ3n) is 4.61. The molecule has 6 heteroatoms. The van der Waals surface area contributed by atoms with E-state index in [2.05, 4.69) is 5.32 Å². The predicted molar refractivity (Wildman–Crippen MR) is 107 cm³/mol. The number of carbonyl (C=O) groups excluding carboxylic acids is 1.